The third-order valence-electron chi connectivity index (χ3n) is 13.8. The van der Waals surface area contributed by atoms with Gasteiger partial charge in [0.2, 0.25) is 11.8 Å². The Morgan fingerprint density at radius 3 is 0.516 bits per heavy atom. The highest BCUT2D eigenvalue weighted by Gasteiger charge is 2.10. The van der Waals surface area contributed by atoms with Gasteiger partial charge in [0.1, 0.15) is 0 Å². The predicted molar refractivity (Wildman–Crippen MR) is 277 cm³/mol. The molecule has 0 saturated heterocycles. The van der Waals surface area contributed by atoms with Crippen LogP contribution in [0.1, 0.15) is 355 Å². The van der Waals surface area contributed by atoms with E-state index in [0.29, 0.717) is 12.8 Å². The van der Waals surface area contributed by atoms with E-state index in [1.165, 1.54) is 295 Å². The zero-order chi connectivity index (χ0) is 44.9. The fourth-order valence-electron chi connectivity index (χ4n) is 9.51. The molecule has 0 aromatic rings. The smallest absolute Gasteiger partial charge is 0.221 e. The zero-order valence-corrected chi connectivity index (χ0v) is 43.2. The van der Waals surface area contributed by atoms with E-state index < -0.39 is 0 Å². The maximum Gasteiger partial charge on any atom is 0.221 e. The van der Waals surface area contributed by atoms with Crippen molar-refractivity contribution in [1.29, 1.82) is 0 Å². The average Bonchev–Trinajstić information content (AvgIpc) is 3.26. The van der Waals surface area contributed by atoms with E-state index in [9.17, 15) is 9.59 Å². The van der Waals surface area contributed by atoms with Crippen molar-refractivity contribution < 1.29 is 9.59 Å². The maximum absolute atomic E-state index is 12.4. The number of nitrogens with one attached hydrogen (secondary N) is 2. The normalized spacial score (nSPS) is 11.5. The minimum absolute atomic E-state index is 0.0666. The fourth-order valence-corrected chi connectivity index (χ4v) is 9.51. The van der Waals surface area contributed by atoms with Crippen molar-refractivity contribution in [2.75, 3.05) is 0 Å². The van der Waals surface area contributed by atoms with Crippen molar-refractivity contribution in [3.8, 4) is 0 Å². The first-order chi connectivity index (χ1) is 30.6. The highest BCUT2D eigenvalue weighted by molar-refractivity contribution is 5.79. The molecule has 0 heterocycles. The van der Waals surface area contributed by atoms with Crippen LogP contribution in [0.4, 0.5) is 0 Å². The average molecular weight is 874 g/mol. The van der Waals surface area contributed by atoms with Gasteiger partial charge in [0.15, 0.2) is 0 Å². The molecule has 0 unspecified atom stereocenters. The third-order valence-corrected chi connectivity index (χ3v) is 13.8. The minimum atomic E-state index is -0.284. The van der Waals surface area contributed by atoms with E-state index in [0.717, 1.165) is 25.7 Å². The molecular formula is C58H116N2O2. The van der Waals surface area contributed by atoms with Gasteiger partial charge in [-0.05, 0) is 19.8 Å². The van der Waals surface area contributed by atoms with Crippen LogP contribution >= 0.6 is 0 Å². The summed E-state index contributed by atoms with van der Waals surface area (Å²) in [7, 11) is 0. The Morgan fingerprint density at radius 1 is 0.242 bits per heavy atom. The van der Waals surface area contributed by atoms with Gasteiger partial charge in [-0.25, -0.2) is 0 Å². The third kappa shape index (κ3) is 53.3. The van der Waals surface area contributed by atoms with Gasteiger partial charge in [0.25, 0.3) is 0 Å². The largest absolute Gasteiger partial charge is 0.336 e. The second-order valence-electron chi connectivity index (χ2n) is 20.3. The van der Waals surface area contributed by atoms with E-state index in [2.05, 4.69) is 24.5 Å². The summed E-state index contributed by atoms with van der Waals surface area (Å²) < 4.78 is 0. The van der Waals surface area contributed by atoms with E-state index in [-0.39, 0.29) is 18.0 Å². The SMILES string of the molecule is CCCCCCCCCCCCCCCCCCCCCCCCCCCC(=O)NC(C)NC(=O)CCCCCCCCCCCCCCCCCCCCCCCCCCC. The Morgan fingerprint density at radius 2 is 0.371 bits per heavy atom. The first-order valence-corrected chi connectivity index (χ1v) is 29.2. The molecule has 0 aromatic heterocycles. The highest BCUT2D eigenvalue weighted by atomic mass is 16.2. The highest BCUT2D eigenvalue weighted by Crippen LogP contribution is 2.18. The van der Waals surface area contributed by atoms with Crippen molar-refractivity contribution in [3.63, 3.8) is 0 Å². The van der Waals surface area contributed by atoms with Crippen molar-refractivity contribution in [2.45, 2.75) is 361 Å². The molecular weight excluding hydrogens is 757 g/mol. The molecule has 4 nitrogen and oxygen atoms in total. The van der Waals surface area contributed by atoms with Crippen LogP contribution in [-0.4, -0.2) is 18.0 Å². The number of carbonyl (C=O) groups excluding carboxylic acids is 2. The molecule has 0 spiro atoms. The van der Waals surface area contributed by atoms with Gasteiger partial charge >= 0.3 is 0 Å². The molecule has 0 rings (SSSR count). The number of rotatable bonds is 54. The van der Waals surface area contributed by atoms with Crippen molar-refractivity contribution in [3.05, 3.63) is 0 Å². The standard InChI is InChI=1S/C58H116N2O2/c1-4-6-8-10-12-14-16-18-20-22-24-26-28-30-32-34-36-38-40-42-44-46-48-50-52-54-57(61)59-56(3)60-58(62)55-53-51-49-47-45-43-41-39-37-35-33-31-29-27-25-23-21-19-17-15-13-11-9-7-5-2/h56H,4-55H2,1-3H3,(H,59,61)(H,60,62). The Hall–Kier alpha value is -1.06. The van der Waals surface area contributed by atoms with Crippen LogP contribution in [-0.2, 0) is 9.59 Å². The monoisotopic (exact) mass is 873 g/mol. The van der Waals surface area contributed by atoms with E-state index in [4.69, 9.17) is 0 Å². The lowest BCUT2D eigenvalue weighted by Crippen LogP contribution is -2.45. The molecule has 4 heteroatoms. The number of hydrogen-bond acceptors (Lipinski definition) is 2. The number of carbonyl (C=O) groups is 2. The van der Waals surface area contributed by atoms with Crippen LogP contribution in [0, 0.1) is 0 Å². The van der Waals surface area contributed by atoms with Crippen molar-refractivity contribution in [2.24, 2.45) is 0 Å². The van der Waals surface area contributed by atoms with Gasteiger partial charge in [0.05, 0.1) is 6.17 Å². The summed E-state index contributed by atoms with van der Waals surface area (Å²) in [5.41, 5.74) is 0. The van der Waals surface area contributed by atoms with E-state index >= 15 is 0 Å². The molecule has 2 amide bonds. The Kier molecular flexibility index (Phi) is 53.3. The van der Waals surface area contributed by atoms with Crippen LogP contribution < -0.4 is 10.6 Å². The molecule has 62 heavy (non-hydrogen) atoms. The minimum Gasteiger partial charge on any atom is -0.336 e. The number of unbranched alkanes of at least 4 members (excludes halogenated alkanes) is 48. The molecule has 2 N–H and O–H groups in total. The van der Waals surface area contributed by atoms with Gasteiger partial charge in [-0.1, -0.05) is 322 Å². The van der Waals surface area contributed by atoms with Crippen molar-refractivity contribution in [1.82, 2.24) is 10.6 Å². The first kappa shape index (κ1) is 60.9. The van der Waals surface area contributed by atoms with Crippen molar-refractivity contribution >= 4 is 11.8 Å². The predicted octanol–water partition coefficient (Wildman–Crippen LogP) is 19.9. The Balaban J connectivity index is 3.31. The molecule has 370 valence electrons. The van der Waals surface area contributed by atoms with Crippen LogP contribution in [0.2, 0.25) is 0 Å². The Bertz CT molecular complexity index is 792. The Labute approximate surface area is 391 Å². The van der Waals surface area contributed by atoms with Crippen LogP contribution in [0.25, 0.3) is 0 Å². The zero-order valence-electron chi connectivity index (χ0n) is 43.2. The van der Waals surface area contributed by atoms with Gasteiger partial charge < -0.3 is 10.6 Å². The second kappa shape index (κ2) is 54.3. The summed E-state index contributed by atoms with van der Waals surface area (Å²) in [6, 6.07) is 0. The lowest BCUT2D eigenvalue weighted by molar-refractivity contribution is -0.124. The number of hydrogen-bond donors (Lipinski definition) is 2. The van der Waals surface area contributed by atoms with E-state index in [1.54, 1.807) is 0 Å². The quantitative estimate of drug-likeness (QED) is 0.0472. The summed E-state index contributed by atoms with van der Waals surface area (Å²) in [6.45, 7) is 6.49. The molecule has 0 atom stereocenters. The topological polar surface area (TPSA) is 58.2 Å². The summed E-state index contributed by atoms with van der Waals surface area (Å²) in [4.78, 5) is 24.8. The maximum atomic E-state index is 12.4. The molecule has 0 saturated carbocycles. The lowest BCUT2D eigenvalue weighted by atomic mass is 10.0. The number of amides is 2. The summed E-state index contributed by atoms with van der Waals surface area (Å²) in [5.74, 6) is 0.133. The molecule has 0 bridgehead atoms. The summed E-state index contributed by atoms with van der Waals surface area (Å²) in [6.07, 6.45) is 70.3. The van der Waals surface area contributed by atoms with Crippen LogP contribution in [0.5, 0.6) is 0 Å². The van der Waals surface area contributed by atoms with E-state index in [1.807, 2.05) is 6.92 Å². The van der Waals surface area contributed by atoms with Gasteiger partial charge in [0, 0.05) is 12.8 Å². The van der Waals surface area contributed by atoms with Crippen LogP contribution in [0.15, 0.2) is 0 Å². The molecule has 0 fully saturated rings. The fraction of sp³-hybridized carbons (Fsp3) is 0.966. The van der Waals surface area contributed by atoms with Gasteiger partial charge in [-0.2, -0.15) is 0 Å². The molecule has 0 aliphatic rings. The van der Waals surface area contributed by atoms with Gasteiger partial charge in [-0.3, -0.25) is 9.59 Å². The van der Waals surface area contributed by atoms with Crippen LogP contribution in [0.3, 0.4) is 0 Å². The molecule has 0 aliphatic carbocycles. The molecule has 0 aromatic carbocycles. The lowest BCUT2D eigenvalue weighted by Gasteiger charge is -2.16. The second-order valence-corrected chi connectivity index (χ2v) is 20.3. The summed E-state index contributed by atoms with van der Waals surface area (Å²) >= 11 is 0. The van der Waals surface area contributed by atoms with Gasteiger partial charge in [-0.15, -0.1) is 0 Å². The molecule has 0 radical (unpaired) electrons. The molecule has 0 aliphatic heterocycles. The first-order valence-electron chi connectivity index (χ1n) is 29.2. The summed E-state index contributed by atoms with van der Waals surface area (Å²) in [5, 5.41) is 5.95.